The molecule has 1 aromatic heterocycles. The Morgan fingerprint density at radius 2 is 1.88 bits per heavy atom. The molecule has 1 N–H and O–H groups in total. The number of amides is 1. The highest BCUT2D eigenvalue weighted by molar-refractivity contribution is 7.89. The second-order valence-corrected chi connectivity index (χ2v) is 9.91. The molecule has 1 fully saturated rings. The number of nitrogens with zero attached hydrogens (tertiary/aromatic N) is 5. The van der Waals surface area contributed by atoms with Crippen molar-refractivity contribution >= 4 is 33.2 Å². The SMILES string of the molecule is O=C(CN1CCCN(S(=O)(=O)c2ccc(F)cc2)CC1)Nc1cc(Cl)ccc1-n1cncn1. The number of hydrogen-bond acceptors (Lipinski definition) is 6. The van der Waals surface area contributed by atoms with Gasteiger partial charge in [0.1, 0.15) is 18.5 Å². The third-order valence-corrected chi connectivity index (χ3v) is 7.41. The van der Waals surface area contributed by atoms with E-state index < -0.39 is 15.8 Å². The molecule has 9 nitrogen and oxygen atoms in total. The van der Waals surface area contributed by atoms with Crippen molar-refractivity contribution in [2.24, 2.45) is 0 Å². The van der Waals surface area contributed by atoms with Gasteiger partial charge in [-0.2, -0.15) is 9.40 Å². The maximum atomic E-state index is 13.2. The summed E-state index contributed by atoms with van der Waals surface area (Å²) in [6.45, 7) is 1.60. The van der Waals surface area contributed by atoms with Crippen molar-refractivity contribution in [2.75, 3.05) is 38.0 Å². The molecule has 1 saturated heterocycles. The van der Waals surface area contributed by atoms with Gasteiger partial charge >= 0.3 is 0 Å². The van der Waals surface area contributed by atoms with Crippen LogP contribution in [0.4, 0.5) is 10.1 Å². The molecule has 1 aliphatic heterocycles. The molecular formula is C21H22ClFN6O3S. The van der Waals surface area contributed by atoms with E-state index in [0.29, 0.717) is 42.5 Å². The fourth-order valence-corrected chi connectivity index (χ4v) is 5.28. The summed E-state index contributed by atoms with van der Waals surface area (Å²) in [6, 6.07) is 9.85. The molecule has 1 amide bonds. The molecule has 0 atom stereocenters. The fraction of sp³-hybridized carbons (Fsp3) is 0.286. The number of hydrogen-bond donors (Lipinski definition) is 1. The van der Waals surface area contributed by atoms with Crippen LogP contribution in [0.15, 0.2) is 60.0 Å². The number of sulfonamides is 1. The van der Waals surface area contributed by atoms with Gasteiger partial charge in [0, 0.05) is 24.7 Å². The van der Waals surface area contributed by atoms with E-state index in [0.717, 1.165) is 12.1 Å². The predicted octanol–water partition coefficient (Wildman–Crippen LogP) is 2.39. The molecule has 2 heterocycles. The predicted molar refractivity (Wildman–Crippen MR) is 121 cm³/mol. The van der Waals surface area contributed by atoms with Crippen LogP contribution in [0.3, 0.4) is 0 Å². The van der Waals surface area contributed by atoms with E-state index in [9.17, 15) is 17.6 Å². The zero-order chi connectivity index (χ0) is 23.4. The van der Waals surface area contributed by atoms with Crippen LogP contribution < -0.4 is 5.32 Å². The van der Waals surface area contributed by atoms with Gasteiger partial charge in [-0.05, 0) is 55.4 Å². The van der Waals surface area contributed by atoms with Crippen molar-refractivity contribution in [3.63, 3.8) is 0 Å². The number of aromatic nitrogens is 3. The first-order valence-electron chi connectivity index (χ1n) is 10.3. The fourth-order valence-electron chi connectivity index (χ4n) is 3.63. The topological polar surface area (TPSA) is 100 Å². The van der Waals surface area contributed by atoms with Gasteiger partial charge in [0.15, 0.2) is 0 Å². The Morgan fingerprint density at radius 1 is 1.09 bits per heavy atom. The van der Waals surface area contributed by atoms with Gasteiger partial charge in [-0.3, -0.25) is 9.69 Å². The van der Waals surface area contributed by atoms with Gasteiger partial charge < -0.3 is 5.32 Å². The molecule has 0 bridgehead atoms. The van der Waals surface area contributed by atoms with E-state index in [4.69, 9.17) is 11.6 Å². The maximum absolute atomic E-state index is 13.2. The van der Waals surface area contributed by atoms with Crippen molar-refractivity contribution in [1.82, 2.24) is 24.0 Å². The molecule has 0 unspecified atom stereocenters. The van der Waals surface area contributed by atoms with Crippen molar-refractivity contribution in [1.29, 1.82) is 0 Å². The van der Waals surface area contributed by atoms with Crippen molar-refractivity contribution < 1.29 is 17.6 Å². The van der Waals surface area contributed by atoms with Crippen LogP contribution in [0, 0.1) is 5.82 Å². The Kier molecular flexibility index (Phi) is 7.03. The number of benzene rings is 2. The minimum Gasteiger partial charge on any atom is -0.323 e. The average Bonchev–Trinajstić information content (AvgIpc) is 3.20. The molecule has 0 aliphatic carbocycles. The van der Waals surface area contributed by atoms with Crippen molar-refractivity contribution in [3.8, 4) is 5.69 Å². The lowest BCUT2D eigenvalue weighted by atomic mass is 10.2. The van der Waals surface area contributed by atoms with Gasteiger partial charge in [0.25, 0.3) is 0 Å². The molecule has 0 radical (unpaired) electrons. The summed E-state index contributed by atoms with van der Waals surface area (Å²) in [5.41, 5.74) is 1.12. The molecule has 33 heavy (non-hydrogen) atoms. The Hall–Kier alpha value is -2.86. The zero-order valence-electron chi connectivity index (χ0n) is 17.6. The van der Waals surface area contributed by atoms with Crippen LogP contribution in [-0.2, 0) is 14.8 Å². The second kappa shape index (κ2) is 9.96. The third kappa shape index (κ3) is 5.56. The Labute approximate surface area is 195 Å². The second-order valence-electron chi connectivity index (χ2n) is 7.54. The van der Waals surface area contributed by atoms with Gasteiger partial charge in [-0.15, -0.1) is 0 Å². The summed E-state index contributed by atoms with van der Waals surface area (Å²) in [5, 5.41) is 7.41. The monoisotopic (exact) mass is 492 g/mol. The number of carbonyl (C=O) groups excluding carboxylic acids is 1. The van der Waals surface area contributed by atoms with Crippen LogP contribution in [0.2, 0.25) is 5.02 Å². The Morgan fingerprint density at radius 3 is 2.61 bits per heavy atom. The quantitative estimate of drug-likeness (QED) is 0.567. The van der Waals surface area contributed by atoms with Crippen LogP contribution in [0.25, 0.3) is 5.69 Å². The summed E-state index contributed by atoms with van der Waals surface area (Å²) in [4.78, 5) is 18.6. The van der Waals surface area contributed by atoms with Crippen LogP contribution in [0.5, 0.6) is 0 Å². The highest BCUT2D eigenvalue weighted by Gasteiger charge is 2.27. The third-order valence-electron chi connectivity index (χ3n) is 5.26. The summed E-state index contributed by atoms with van der Waals surface area (Å²) in [6.07, 6.45) is 3.47. The molecular weight excluding hydrogens is 471 g/mol. The minimum atomic E-state index is -3.73. The van der Waals surface area contributed by atoms with E-state index in [1.165, 1.54) is 33.8 Å². The Bertz CT molecular complexity index is 1220. The number of carbonyl (C=O) groups is 1. The largest absolute Gasteiger partial charge is 0.323 e. The zero-order valence-corrected chi connectivity index (χ0v) is 19.1. The van der Waals surface area contributed by atoms with Gasteiger partial charge in [-0.25, -0.2) is 22.5 Å². The molecule has 3 aromatic rings. The number of halogens is 2. The smallest absolute Gasteiger partial charge is 0.243 e. The Balaban J connectivity index is 1.40. The van der Waals surface area contributed by atoms with Crippen LogP contribution >= 0.6 is 11.6 Å². The summed E-state index contributed by atoms with van der Waals surface area (Å²) in [7, 11) is -3.73. The lowest BCUT2D eigenvalue weighted by molar-refractivity contribution is -0.117. The standard InChI is InChI=1S/C21H22ClFN6O3S/c22-16-2-7-20(29-15-24-14-25-29)19(12-16)26-21(30)13-27-8-1-9-28(11-10-27)33(31,32)18-5-3-17(23)4-6-18/h2-7,12,14-15H,1,8-11,13H2,(H,26,30). The van der Waals surface area contributed by atoms with Gasteiger partial charge in [0.05, 0.1) is 22.8 Å². The first-order chi connectivity index (χ1) is 15.8. The van der Waals surface area contributed by atoms with Crippen LogP contribution in [-0.4, -0.2) is 71.0 Å². The van der Waals surface area contributed by atoms with E-state index in [1.54, 1.807) is 18.2 Å². The lowest BCUT2D eigenvalue weighted by Crippen LogP contribution is -2.38. The minimum absolute atomic E-state index is 0.0525. The van der Waals surface area contributed by atoms with Crippen LogP contribution in [0.1, 0.15) is 6.42 Å². The lowest BCUT2D eigenvalue weighted by Gasteiger charge is -2.21. The number of anilines is 1. The van der Waals surface area contributed by atoms with Gasteiger partial charge in [0.2, 0.25) is 15.9 Å². The molecule has 0 spiro atoms. The van der Waals surface area contributed by atoms with Crippen molar-refractivity contribution in [2.45, 2.75) is 11.3 Å². The number of nitrogens with one attached hydrogen (secondary N) is 1. The highest BCUT2D eigenvalue weighted by Crippen LogP contribution is 2.24. The van der Waals surface area contributed by atoms with E-state index in [-0.39, 0.29) is 23.9 Å². The summed E-state index contributed by atoms with van der Waals surface area (Å²) >= 11 is 6.10. The van der Waals surface area contributed by atoms with E-state index >= 15 is 0 Å². The first-order valence-corrected chi connectivity index (χ1v) is 12.1. The van der Waals surface area contributed by atoms with Gasteiger partial charge in [-0.1, -0.05) is 11.6 Å². The highest BCUT2D eigenvalue weighted by atomic mass is 35.5. The molecule has 1 aliphatic rings. The van der Waals surface area contributed by atoms with Crippen molar-refractivity contribution in [3.05, 3.63) is 66.0 Å². The maximum Gasteiger partial charge on any atom is 0.243 e. The molecule has 174 valence electrons. The molecule has 12 heteroatoms. The molecule has 0 saturated carbocycles. The normalized spacial score (nSPS) is 15.8. The van der Waals surface area contributed by atoms with E-state index in [1.807, 2.05) is 4.90 Å². The molecule has 2 aromatic carbocycles. The summed E-state index contributed by atoms with van der Waals surface area (Å²) in [5.74, 6) is -0.748. The molecule has 4 rings (SSSR count). The number of rotatable bonds is 6. The average molecular weight is 493 g/mol. The first kappa shape index (κ1) is 23.3. The van der Waals surface area contributed by atoms with E-state index in [2.05, 4.69) is 15.4 Å². The summed E-state index contributed by atoms with van der Waals surface area (Å²) < 4.78 is 41.8.